The molecule has 0 aromatic heterocycles. The lowest BCUT2D eigenvalue weighted by atomic mass is 10.3. The summed E-state index contributed by atoms with van der Waals surface area (Å²) in [6.45, 7) is 0. The monoisotopic (exact) mass is 246 g/mol. The van der Waals surface area contributed by atoms with E-state index in [1.54, 1.807) is 0 Å². The third kappa shape index (κ3) is 8.50. The number of nitrogens with two attached hydrogens (primary N) is 3. The molecular formula is C7H14N6O4. The highest BCUT2D eigenvalue weighted by molar-refractivity contribution is 5.91. The number of hydrazone groups is 1. The van der Waals surface area contributed by atoms with Crippen molar-refractivity contribution in [2.75, 3.05) is 0 Å². The predicted molar refractivity (Wildman–Crippen MR) is 57.6 cm³/mol. The van der Waals surface area contributed by atoms with Crippen LogP contribution in [0.4, 0.5) is 0 Å². The second-order valence-corrected chi connectivity index (χ2v) is 2.87. The zero-order valence-electron chi connectivity index (χ0n) is 8.83. The van der Waals surface area contributed by atoms with E-state index in [0.29, 0.717) is 5.82 Å². The quantitative estimate of drug-likeness (QED) is 0.298. The third-order valence-electron chi connectivity index (χ3n) is 1.32. The summed E-state index contributed by atoms with van der Waals surface area (Å²) < 4.78 is 0. The van der Waals surface area contributed by atoms with Crippen molar-refractivity contribution in [3.8, 4) is 0 Å². The SMILES string of the molecule is NC1=CC(N)=NN(N)N1.O=C(O)CCC(=O)O. The van der Waals surface area contributed by atoms with E-state index in [-0.39, 0.29) is 18.7 Å². The molecule has 9 N–H and O–H groups in total. The summed E-state index contributed by atoms with van der Waals surface area (Å²) in [6, 6.07) is 0. The highest BCUT2D eigenvalue weighted by atomic mass is 16.4. The number of hydrogen-bond acceptors (Lipinski definition) is 8. The first-order valence-electron chi connectivity index (χ1n) is 4.37. The lowest BCUT2D eigenvalue weighted by molar-refractivity contribution is -0.143. The maximum Gasteiger partial charge on any atom is 0.303 e. The van der Waals surface area contributed by atoms with Crippen LogP contribution in [-0.4, -0.2) is 33.2 Å². The van der Waals surface area contributed by atoms with Crippen LogP contribution in [0.2, 0.25) is 0 Å². The van der Waals surface area contributed by atoms with Crippen molar-refractivity contribution in [1.29, 1.82) is 0 Å². The molecule has 0 atom stereocenters. The molecule has 0 aromatic rings. The first kappa shape index (κ1) is 14.5. The Hall–Kier alpha value is -2.49. The van der Waals surface area contributed by atoms with Crippen molar-refractivity contribution in [2.24, 2.45) is 22.4 Å². The fourth-order valence-electron chi connectivity index (χ4n) is 0.716. The van der Waals surface area contributed by atoms with Gasteiger partial charge in [-0.2, -0.15) is 0 Å². The summed E-state index contributed by atoms with van der Waals surface area (Å²) in [5, 5.41) is 20.3. The molecule has 0 unspecified atom stereocenters. The van der Waals surface area contributed by atoms with E-state index < -0.39 is 11.9 Å². The Kier molecular flexibility index (Phi) is 5.89. The molecule has 0 fully saturated rings. The zero-order chi connectivity index (χ0) is 13.4. The lowest BCUT2D eigenvalue weighted by Gasteiger charge is -2.18. The Bertz CT molecular complexity index is 338. The number of rotatable bonds is 3. The highest BCUT2D eigenvalue weighted by Crippen LogP contribution is 1.87. The van der Waals surface area contributed by atoms with Gasteiger partial charge in [-0.25, -0.2) is 5.84 Å². The number of carbonyl (C=O) groups is 2. The Labute approximate surface area is 96.3 Å². The minimum absolute atomic E-state index is 0.286. The van der Waals surface area contributed by atoms with Crippen LogP contribution >= 0.6 is 0 Å². The predicted octanol–water partition coefficient (Wildman–Crippen LogP) is -2.31. The van der Waals surface area contributed by atoms with Crippen molar-refractivity contribution in [2.45, 2.75) is 12.8 Å². The molecule has 0 aromatic carbocycles. The lowest BCUT2D eigenvalue weighted by Crippen LogP contribution is -2.45. The van der Waals surface area contributed by atoms with Gasteiger partial charge in [0.1, 0.15) is 5.82 Å². The van der Waals surface area contributed by atoms with Crippen molar-refractivity contribution < 1.29 is 19.8 Å². The second kappa shape index (κ2) is 6.90. The molecular weight excluding hydrogens is 232 g/mol. The summed E-state index contributed by atoms with van der Waals surface area (Å²) in [5.41, 5.74) is 13.0. The topological polar surface area (TPSA) is 180 Å². The van der Waals surface area contributed by atoms with E-state index in [0.717, 1.165) is 5.23 Å². The third-order valence-corrected chi connectivity index (χ3v) is 1.32. The molecule has 0 bridgehead atoms. The molecule has 1 heterocycles. The van der Waals surface area contributed by atoms with Gasteiger partial charge in [-0.1, -0.05) is 0 Å². The number of carboxylic acids is 2. The van der Waals surface area contributed by atoms with Crippen LogP contribution in [0.5, 0.6) is 0 Å². The molecule has 0 amide bonds. The van der Waals surface area contributed by atoms with Gasteiger partial charge in [-0.3, -0.25) is 15.0 Å². The molecule has 1 rings (SSSR count). The molecule has 96 valence electrons. The normalized spacial score (nSPS) is 13.6. The Balaban J connectivity index is 0.000000304. The van der Waals surface area contributed by atoms with Crippen LogP contribution in [0.25, 0.3) is 0 Å². The summed E-state index contributed by atoms with van der Waals surface area (Å²) >= 11 is 0. The van der Waals surface area contributed by atoms with Gasteiger partial charge in [0, 0.05) is 6.08 Å². The number of amidine groups is 1. The molecule has 10 heteroatoms. The number of hydrazine groups is 2. The van der Waals surface area contributed by atoms with Crippen molar-refractivity contribution >= 4 is 17.8 Å². The van der Waals surface area contributed by atoms with Gasteiger partial charge in [-0.15, -0.1) is 10.3 Å². The molecule has 0 spiro atoms. The summed E-state index contributed by atoms with van der Waals surface area (Å²) in [4.78, 5) is 19.3. The smallest absolute Gasteiger partial charge is 0.303 e. The first-order chi connectivity index (χ1) is 7.81. The van der Waals surface area contributed by atoms with Crippen LogP contribution in [0, 0.1) is 0 Å². The molecule has 0 saturated carbocycles. The average molecular weight is 246 g/mol. The number of carboxylic acid groups (broad SMARTS) is 2. The van der Waals surface area contributed by atoms with Gasteiger partial charge in [0.25, 0.3) is 0 Å². The summed E-state index contributed by atoms with van der Waals surface area (Å²) in [7, 11) is 0. The number of hydrogen-bond donors (Lipinski definition) is 6. The van der Waals surface area contributed by atoms with Crippen LogP contribution in [0.15, 0.2) is 17.0 Å². The van der Waals surface area contributed by atoms with Crippen LogP contribution in [-0.2, 0) is 9.59 Å². The van der Waals surface area contributed by atoms with E-state index in [1.807, 2.05) is 0 Å². The zero-order valence-corrected chi connectivity index (χ0v) is 8.83. The Morgan fingerprint density at radius 1 is 1.29 bits per heavy atom. The van der Waals surface area contributed by atoms with Crippen molar-refractivity contribution in [3.05, 3.63) is 11.9 Å². The average Bonchev–Trinajstić information content (AvgIpc) is 2.13. The van der Waals surface area contributed by atoms with Gasteiger partial charge in [0.2, 0.25) is 0 Å². The maximum atomic E-state index is 9.64. The number of aliphatic carboxylic acids is 2. The summed E-state index contributed by atoms with van der Waals surface area (Å²) in [6.07, 6.45) is 0.883. The molecule has 17 heavy (non-hydrogen) atoms. The number of nitrogens with zero attached hydrogens (tertiary/aromatic N) is 2. The molecule has 1 aliphatic rings. The molecule has 0 saturated heterocycles. The molecule has 1 aliphatic heterocycles. The minimum Gasteiger partial charge on any atom is -0.481 e. The van der Waals surface area contributed by atoms with Gasteiger partial charge < -0.3 is 21.7 Å². The van der Waals surface area contributed by atoms with Gasteiger partial charge in [0.05, 0.1) is 12.8 Å². The van der Waals surface area contributed by atoms with E-state index in [1.165, 1.54) is 6.08 Å². The molecule has 10 nitrogen and oxygen atoms in total. The van der Waals surface area contributed by atoms with Crippen molar-refractivity contribution in [3.63, 3.8) is 0 Å². The maximum absolute atomic E-state index is 9.64. The van der Waals surface area contributed by atoms with Crippen LogP contribution < -0.4 is 22.7 Å². The largest absolute Gasteiger partial charge is 0.481 e. The van der Waals surface area contributed by atoms with Gasteiger partial charge in [-0.05, 0) is 0 Å². The van der Waals surface area contributed by atoms with E-state index >= 15 is 0 Å². The van der Waals surface area contributed by atoms with Gasteiger partial charge in [0.15, 0.2) is 5.84 Å². The van der Waals surface area contributed by atoms with Crippen molar-refractivity contribution in [1.82, 2.24) is 10.7 Å². The fraction of sp³-hybridized carbons (Fsp3) is 0.286. The van der Waals surface area contributed by atoms with Gasteiger partial charge >= 0.3 is 11.9 Å². The highest BCUT2D eigenvalue weighted by Gasteiger charge is 2.02. The van der Waals surface area contributed by atoms with Crippen LogP contribution in [0.3, 0.4) is 0 Å². The number of nitrogens with one attached hydrogen (secondary N) is 1. The Morgan fingerprint density at radius 2 is 1.76 bits per heavy atom. The Morgan fingerprint density at radius 3 is 2.06 bits per heavy atom. The van der Waals surface area contributed by atoms with Crippen LogP contribution in [0.1, 0.15) is 12.8 Å². The first-order valence-corrected chi connectivity index (χ1v) is 4.37. The standard InChI is InChI=1S/C4H6O4.C3H8N6/c5-3(6)1-2-4(7)8;4-2-1-3(5)8-9(6)7-2/h1-2H2,(H,5,6)(H,7,8);1,7H,4,6H2,(H2,5,8). The molecule has 0 aliphatic carbocycles. The summed E-state index contributed by atoms with van der Waals surface area (Å²) in [5.74, 6) is 3.66. The van der Waals surface area contributed by atoms with E-state index in [4.69, 9.17) is 27.5 Å². The van der Waals surface area contributed by atoms with E-state index in [9.17, 15) is 9.59 Å². The van der Waals surface area contributed by atoms with E-state index in [2.05, 4.69) is 10.5 Å². The fourth-order valence-corrected chi connectivity index (χ4v) is 0.716. The minimum atomic E-state index is -1.08. The second-order valence-electron chi connectivity index (χ2n) is 2.87. The molecule has 0 radical (unpaired) electrons.